The van der Waals surface area contributed by atoms with Gasteiger partial charge < -0.3 is 4.52 Å². The Morgan fingerprint density at radius 2 is 2.30 bits per heavy atom. The number of aryl methyl sites for hydroxylation is 1. The molecule has 3 rings (SSSR count). The van der Waals surface area contributed by atoms with Crippen LogP contribution in [0.15, 0.2) is 37.1 Å². The van der Waals surface area contributed by atoms with Crippen molar-refractivity contribution in [2.24, 2.45) is 0 Å². The SMILES string of the molecule is Cc1cn(Cc2nc(-c3ccsc3)no2)c(=O)[nH]c1=O. The number of nitrogens with zero attached hydrogens (tertiary/aromatic N) is 3. The van der Waals surface area contributed by atoms with Gasteiger partial charge in [0, 0.05) is 22.7 Å². The van der Waals surface area contributed by atoms with Crippen molar-refractivity contribution in [3.63, 3.8) is 0 Å². The van der Waals surface area contributed by atoms with Gasteiger partial charge in [0.25, 0.3) is 5.56 Å². The number of hydrogen-bond donors (Lipinski definition) is 1. The molecule has 0 fully saturated rings. The van der Waals surface area contributed by atoms with Crippen LogP contribution >= 0.6 is 11.3 Å². The third-order valence-electron chi connectivity index (χ3n) is 2.74. The molecule has 0 bridgehead atoms. The first kappa shape index (κ1) is 12.5. The summed E-state index contributed by atoms with van der Waals surface area (Å²) in [5, 5.41) is 7.68. The molecular formula is C12H10N4O3S. The average Bonchev–Trinajstić information content (AvgIpc) is 3.06. The van der Waals surface area contributed by atoms with Gasteiger partial charge in [0.15, 0.2) is 0 Å². The molecule has 0 aliphatic heterocycles. The highest BCUT2D eigenvalue weighted by molar-refractivity contribution is 7.08. The zero-order valence-corrected chi connectivity index (χ0v) is 11.3. The lowest BCUT2D eigenvalue weighted by Crippen LogP contribution is -2.31. The quantitative estimate of drug-likeness (QED) is 0.776. The van der Waals surface area contributed by atoms with Gasteiger partial charge in [0.05, 0.1) is 0 Å². The summed E-state index contributed by atoms with van der Waals surface area (Å²) < 4.78 is 6.43. The first-order valence-corrected chi connectivity index (χ1v) is 6.73. The van der Waals surface area contributed by atoms with Crippen molar-refractivity contribution >= 4 is 11.3 Å². The summed E-state index contributed by atoms with van der Waals surface area (Å²) in [6.07, 6.45) is 1.47. The van der Waals surface area contributed by atoms with Gasteiger partial charge in [-0.15, -0.1) is 0 Å². The number of aromatic amines is 1. The molecule has 0 saturated carbocycles. The van der Waals surface area contributed by atoms with E-state index in [0.717, 1.165) is 5.56 Å². The molecule has 0 atom stereocenters. The summed E-state index contributed by atoms with van der Waals surface area (Å²) in [4.78, 5) is 29.4. The lowest BCUT2D eigenvalue weighted by Gasteiger charge is -2.01. The molecule has 0 amide bonds. The number of H-pyrrole nitrogens is 1. The second kappa shape index (κ2) is 4.89. The van der Waals surface area contributed by atoms with E-state index in [9.17, 15) is 9.59 Å². The van der Waals surface area contributed by atoms with Crippen LogP contribution in [0, 0.1) is 6.92 Å². The van der Waals surface area contributed by atoms with Crippen molar-refractivity contribution in [3.05, 3.63) is 55.3 Å². The molecule has 0 unspecified atom stereocenters. The highest BCUT2D eigenvalue weighted by Gasteiger charge is 2.10. The second-order valence-corrected chi connectivity index (χ2v) is 5.00. The van der Waals surface area contributed by atoms with Gasteiger partial charge >= 0.3 is 5.69 Å². The molecule has 102 valence electrons. The Bertz CT molecular complexity index is 844. The van der Waals surface area contributed by atoms with Crippen LogP contribution in [0.1, 0.15) is 11.5 Å². The van der Waals surface area contributed by atoms with Crippen molar-refractivity contribution in [2.75, 3.05) is 0 Å². The summed E-state index contributed by atoms with van der Waals surface area (Å²) in [5.74, 6) is 0.787. The maximum Gasteiger partial charge on any atom is 0.328 e. The fourth-order valence-electron chi connectivity index (χ4n) is 1.71. The molecule has 1 N–H and O–H groups in total. The molecule has 0 saturated heterocycles. The van der Waals surface area contributed by atoms with E-state index < -0.39 is 11.2 Å². The number of hydrogen-bond acceptors (Lipinski definition) is 6. The van der Waals surface area contributed by atoms with Crippen LogP contribution < -0.4 is 11.2 Å². The maximum absolute atomic E-state index is 11.7. The minimum atomic E-state index is -0.504. The van der Waals surface area contributed by atoms with Crippen LogP contribution in [0.25, 0.3) is 11.4 Å². The molecule has 8 heteroatoms. The van der Waals surface area contributed by atoms with Crippen molar-refractivity contribution in [1.29, 1.82) is 0 Å². The van der Waals surface area contributed by atoms with Gasteiger partial charge in [-0.3, -0.25) is 14.3 Å². The van der Waals surface area contributed by atoms with Gasteiger partial charge in [0.1, 0.15) is 6.54 Å². The Labute approximate surface area is 116 Å². The van der Waals surface area contributed by atoms with Gasteiger partial charge in [-0.05, 0) is 18.4 Å². The molecule has 0 aliphatic carbocycles. The van der Waals surface area contributed by atoms with Crippen molar-refractivity contribution in [3.8, 4) is 11.4 Å². The maximum atomic E-state index is 11.7. The average molecular weight is 290 g/mol. The Kier molecular flexibility index (Phi) is 3.07. The summed E-state index contributed by atoms with van der Waals surface area (Å²) in [5.41, 5.74) is 0.420. The zero-order valence-electron chi connectivity index (χ0n) is 10.5. The topological polar surface area (TPSA) is 93.8 Å². The normalized spacial score (nSPS) is 10.8. The molecule has 20 heavy (non-hydrogen) atoms. The third kappa shape index (κ3) is 2.32. The Balaban J connectivity index is 1.91. The predicted octanol–water partition coefficient (Wildman–Crippen LogP) is 1.00. The van der Waals surface area contributed by atoms with Crippen molar-refractivity contribution in [2.45, 2.75) is 13.5 Å². The van der Waals surface area contributed by atoms with Crippen molar-refractivity contribution < 1.29 is 4.52 Å². The summed E-state index contributed by atoms with van der Waals surface area (Å²) in [7, 11) is 0. The number of nitrogens with one attached hydrogen (secondary N) is 1. The van der Waals surface area contributed by atoms with Crippen LogP contribution in [-0.4, -0.2) is 19.7 Å². The Hall–Kier alpha value is -2.48. The summed E-state index contributed by atoms with van der Waals surface area (Å²) in [6.45, 7) is 1.74. The first-order valence-electron chi connectivity index (χ1n) is 5.79. The molecule has 3 aromatic rings. The molecule has 0 aliphatic rings. The van der Waals surface area contributed by atoms with E-state index in [1.165, 1.54) is 22.1 Å². The van der Waals surface area contributed by atoms with Crippen LogP contribution in [0.3, 0.4) is 0 Å². The van der Waals surface area contributed by atoms with E-state index in [4.69, 9.17) is 4.52 Å². The largest absolute Gasteiger partial charge is 0.337 e. The molecule has 3 aromatic heterocycles. The lowest BCUT2D eigenvalue weighted by molar-refractivity contribution is 0.369. The molecule has 3 heterocycles. The highest BCUT2D eigenvalue weighted by Crippen LogP contribution is 2.18. The highest BCUT2D eigenvalue weighted by atomic mass is 32.1. The minimum Gasteiger partial charge on any atom is -0.337 e. The fraction of sp³-hybridized carbons (Fsp3) is 0.167. The van der Waals surface area contributed by atoms with E-state index in [0.29, 0.717) is 17.3 Å². The number of aromatic nitrogens is 4. The monoisotopic (exact) mass is 290 g/mol. The van der Waals surface area contributed by atoms with Gasteiger partial charge in [-0.2, -0.15) is 16.3 Å². The lowest BCUT2D eigenvalue weighted by atomic mass is 10.3. The zero-order chi connectivity index (χ0) is 14.1. The second-order valence-electron chi connectivity index (χ2n) is 4.22. The van der Waals surface area contributed by atoms with E-state index >= 15 is 0 Å². The minimum absolute atomic E-state index is 0.119. The van der Waals surface area contributed by atoms with Gasteiger partial charge in [0.2, 0.25) is 11.7 Å². The smallest absolute Gasteiger partial charge is 0.328 e. The van der Waals surface area contributed by atoms with Crippen LogP contribution in [0.4, 0.5) is 0 Å². The van der Waals surface area contributed by atoms with E-state index in [-0.39, 0.29) is 6.54 Å². The fourth-order valence-corrected chi connectivity index (χ4v) is 2.34. The first-order chi connectivity index (χ1) is 9.63. The van der Waals surface area contributed by atoms with Crippen LogP contribution in [0.2, 0.25) is 0 Å². The predicted molar refractivity (Wildman–Crippen MR) is 72.8 cm³/mol. The van der Waals surface area contributed by atoms with E-state index in [1.54, 1.807) is 6.92 Å². The van der Waals surface area contributed by atoms with E-state index in [1.807, 2.05) is 16.8 Å². The van der Waals surface area contributed by atoms with Crippen molar-refractivity contribution in [1.82, 2.24) is 19.7 Å². The van der Waals surface area contributed by atoms with Crippen LogP contribution in [-0.2, 0) is 6.54 Å². The molecule has 0 aromatic carbocycles. The third-order valence-corrected chi connectivity index (χ3v) is 3.43. The van der Waals surface area contributed by atoms with Gasteiger partial charge in [-0.25, -0.2) is 4.79 Å². The van der Waals surface area contributed by atoms with E-state index in [2.05, 4.69) is 15.1 Å². The van der Waals surface area contributed by atoms with Crippen LogP contribution in [0.5, 0.6) is 0 Å². The summed E-state index contributed by atoms with van der Waals surface area (Å²) in [6, 6.07) is 1.88. The molecule has 0 spiro atoms. The Morgan fingerprint density at radius 1 is 1.45 bits per heavy atom. The summed E-state index contributed by atoms with van der Waals surface area (Å²) >= 11 is 1.54. The standard InChI is InChI=1S/C12H10N4O3S/c1-7-4-16(12(18)14-11(7)17)5-9-13-10(15-19-9)8-2-3-20-6-8/h2-4,6H,5H2,1H3,(H,14,17,18). The molecule has 0 radical (unpaired) electrons. The Morgan fingerprint density at radius 3 is 3.05 bits per heavy atom. The van der Waals surface area contributed by atoms with Gasteiger partial charge in [-0.1, -0.05) is 5.16 Å². The number of thiophene rings is 1. The molecule has 7 nitrogen and oxygen atoms in total. The molecular weight excluding hydrogens is 280 g/mol. The number of rotatable bonds is 3.